The van der Waals surface area contributed by atoms with Gasteiger partial charge in [-0.15, -0.1) is 0 Å². The van der Waals surface area contributed by atoms with Crippen molar-refractivity contribution in [2.75, 3.05) is 16.0 Å². The molecule has 1 aromatic heterocycles. The Morgan fingerprint density at radius 2 is 1.69 bits per heavy atom. The van der Waals surface area contributed by atoms with Crippen molar-refractivity contribution in [3.63, 3.8) is 0 Å². The summed E-state index contributed by atoms with van der Waals surface area (Å²) in [6.45, 7) is 6.15. The molecule has 0 saturated carbocycles. The van der Waals surface area contributed by atoms with Gasteiger partial charge in [0.2, 0.25) is 17.8 Å². The number of carbonyl (C=O) groups excluding carboxylic acids is 2. The summed E-state index contributed by atoms with van der Waals surface area (Å²) >= 11 is 0. The van der Waals surface area contributed by atoms with Gasteiger partial charge in [-0.25, -0.2) is 0 Å². The molecule has 1 aliphatic rings. The number of amides is 2. The summed E-state index contributed by atoms with van der Waals surface area (Å²) in [6.07, 6.45) is -0.127. The van der Waals surface area contributed by atoms with Crippen LogP contribution in [0, 0.1) is 6.92 Å². The molecule has 0 fully saturated rings. The van der Waals surface area contributed by atoms with Gasteiger partial charge in [-0.05, 0) is 42.7 Å². The van der Waals surface area contributed by atoms with Crippen molar-refractivity contribution in [1.82, 2.24) is 9.97 Å². The first-order chi connectivity index (χ1) is 15.3. The molecule has 164 valence electrons. The van der Waals surface area contributed by atoms with Crippen LogP contribution in [0.5, 0.6) is 0 Å². The van der Waals surface area contributed by atoms with E-state index in [1.54, 1.807) is 0 Å². The van der Waals surface area contributed by atoms with E-state index in [-0.39, 0.29) is 29.7 Å². The number of fused-ring (bicyclic) bond motifs is 1. The van der Waals surface area contributed by atoms with Crippen LogP contribution in [0.25, 0.3) is 0 Å². The third kappa shape index (κ3) is 4.54. The highest BCUT2D eigenvalue weighted by molar-refractivity contribution is 6.04. The largest absolute Gasteiger partial charge is 0.326 e. The van der Waals surface area contributed by atoms with E-state index in [2.05, 4.69) is 39.8 Å². The Morgan fingerprint density at radius 3 is 2.34 bits per heavy atom. The number of carbonyl (C=O) groups is 2. The lowest BCUT2D eigenvalue weighted by atomic mass is 9.92. The fraction of sp³-hybridized carbons (Fsp3) is 0.250. The molecule has 0 radical (unpaired) electrons. The van der Waals surface area contributed by atoms with E-state index in [9.17, 15) is 14.4 Å². The summed E-state index contributed by atoms with van der Waals surface area (Å²) in [6, 6.07) is 15.1. The number of hydrogen-bond acceptors (Lipinski definition) is 5. The fourth-order valence-electron chi connectivity index (χ4n) is 3.61. The summed E-state index contributed by atoms with van der Waals surface area (Å²) < 4.78 is 0. The number of aromatic amines is 1. The molecule has 0 spiro atoms. The van der Waals surface area contributed by atoms with E-state index in [0.29, 0.717) is 11.6 Å². The molecule has 32 heavy (non-hydrogen) atoms. The first-order valence-electron chi connectivity index (χ1n) is 10.5. The number of aromatic nitrogens is 2. The van der Waals surface area contributed by atoms with Gasteiger partial charge in [0.15, 0.2) is 0 Å². The zero-order valence-corrected chi connectivity index (χ0v) is 18.2. The van der Waals surface area contributed by atoms with E-state index in [4.69, 9.17) is 0 Å². The van der Waals surface area contributed by atoms with E-state index in [0.717, 1.165) is 16.8 Å². The van der Waals surface area contributed by atoms with Crippen molar-refractivity contribution in [1.29, 1.82) is 0 Å². The van der Waals surface area contributed by atoms with Gasteiger partial charge in [0.05, 0.1) is 11.5 Å². The van der Waals surface area contributed by atoms with Gasteiger partial charge in [-0.3, -0.25) is 19.4 Å². The van der Waals surface area contributed by atoms with E-state index in [1.165, 1.54) is 0 Å². The van der Waals surface area contributed by atoms with Crippen molar-refractivity contribution < 1.29 is 9.59 Å². The lowest BCUT2D eigenvalue weighted by molar-refractivity contribution is -0.123. The van der Waals surface area contributed by atoms with E-state index in [1.807, 2.05) is 55.5 Å². The number of aryl methyl sites for hydroxylation is 1. The van der Waals surface area contributed by atoms with Crippen LogP contribution in [0.4, 0.5) is 23.1 Å². The zero-order valence-electron chi connectivity index (χ0n) is 18.2. The Morgan fingerprint density at radius 1 is 1.03 bits per heavy atom. The first-order valence-corrected chi connectivity index (χ1v) is 10.5. The van der Waals surface area contributed by atoms with Crippen LogP contribution in [-0.2, 0) is 9.59 Å². The third-order valence-electron chi connectivity index (χ3n) is 5.43. The number of nitrogens with zero attached hydrogens (tertiary/aromatic N) is 1. The standard InChI is InChI=1S/C24H25N5O3/c1-13(2)15-6-10-16(11-7-15)25-22(31)18-12-19(30)27-21-20(18)23(32)29-24(28-21)26-17-8-4-14(3)5-9-17/h4-11,13,18H,12H2,1-3H3,(H,25,31)(H3,26,27,28,29,30,32)/t18-/m1/s1. The van der Waals surface area contributed by atoms with Crippen LogP contribution in [0.1, 0.15) is 48.8 Å². The van der Waals surface area contributed by atoms with E-state index >= 15 is 0 Å². The highest BCUT2D eigenvalue weighted by Gasteiger charge is 2.34. The summed E-state index contributed by atoms with van der Waals surface area (Å²) in [5, 5.41) is 8.44. The summed E-state index contributed by atoms with van der Waals surface area (Å²) in [7, 11) is 0. The maximum absolute atomic E-state index is 13.0. The second-order valence-corrected chi connectivity index (χ2v) is 8.24. The molecule has 2 amide bonds. The highest BCUT2D eigenvalue weighted by Crippen LogP contribution is 2.30. The Labute approximate surface area is 185 Å². The Balaban J connectivity index is 1.59. The maximum atomic E-state index is 13.0. The Hall–Kier alpha value is -3.94. The minimum absolute atomic E-state index is 0.0925. The minimum Gasteiger partial charge on any atom is -0.326 e. The Kier molecular flexibility index (Phi) is 5.77. The van der Waals surface area contributed by atoms with Crippen molar-refractivity contribution in [3.8, 4) is 0 Å². The molecular formula is C24H25N5O3. The number of benzene rings is 2. The smallest absolute Gasteiger partial charge is 0.258 e. The average molecular weight is 431 g/mol. The minimum atomic E-state index is -0.937. The van der Waals surface area contributed by atoms with Gasteiger partial charge in [-0.2, -0.15) is 4.98 Å². The molecule has 8 heteroatoms. The molecule has 3 aromatic rings. The predicted octanol–water partition coefficient (Wildman–Crippen LogP) is 4.01. The lowest BCUT2D eigenvalue weighted by Crippen LogP contribution is -2.36. The van der Waals surface area contributed by atoms with Gasteiger partial charge in [-0.1, -0.05) is 43.7 Å². The number of anilines is 4. The summed E-state index contributed by atoms with van der Waals surface area (Å²) in [4.78, 5) is 45.1. The highest BCUT2D eigenvalue weighted by atomic mass is 16.2. The molecule has 0 aliphatic carbocycles. The number of H-pyrrole nitrogens is 1. The summed E-state index contributed by atoms with van der Waals surface area (Å²) in [5.74, 6) is -1.08. The predicted molar refractivity (Wildman–Crippen MR) is 124 cm³/mol. The second-order valence-electron chi connectivity index (χ2n) is 8.24. The second kappa shape index (κ2) is 8.66. The molecule has 8 nitrogen and oxygen atoms in total. The molecule has 0 saturated heterocycles. The van der Waals surface area contributed by atoms with Crippen molar-refractivity contribution in [2.24, 2.45) is 0 Å². The van der Waals surface area contributed by atoms with Gasteiger partial charge < -0.3 is 16.0 Å². The van der Waals surface area contributed by atoms with Gasteiger partial charge in [0, 0.05) is 17.8 Å². The maximum Gasteiger partial charge on any atom is 0.258 e. The number of hydrogen-bond donors (Lipinski definition) is 4. The molecule has 4 rings (SSSR count). The normalized spacial score (nSPS) is 15.1. The fourth-order valence-corrected chi connectivity index (χ4v) is 3.61. The first kappa shape index (κ1) is 21.3. The lowest BCUT2D eigenvalue weighted by Gasteiger charge is -2.23. The van der Waals surface area contributed by atoms with Gasteiger partial charge in [0.1, 0.15) is 5.82 Å². The van der Waals surface area contributed by atoms with E-state index < -0.39 is 17.4 Å². The third-order valence-corrected chi connectivity index (χ3v) is 5.43. The van der Waals surface area contributed by atoms with Crippen molar-refractivity contribution >= 4 is 35.0 Å². The molecule has 2 heterocycles. The van der Waals surface area contributed by atoms with Crippen molar-refractivity contribution in [3.05, 3.63) is 75.6 Å². The topological polar surface area (TPSA) is 116 Å². The number of nitrogens with one attached hydrogen (secondary N) is 4. The van der Waals surface area contributed by atoms with Crippen LogP contribution in [0.2, 0.25) is 0 Å². The molecule has 2 aromatic carbocycles. The molecular weight excluding hydrogens is 406 g/mol. The molecule has 0 unspecified atom stereocenters. The van der Waals surface area contributed by atoms with Crippen LogP contribution in [0.15, 0.2) is 53.3 Å². The molecule has 0 bridgehead atoms. The van der Waals surface area contributed by atoms with Gasteiger partial charge in [0.25, 0.3) is 5.56 Å². The number of rotatable bonds is 5. The molecule has 4 N–H and O–H groups in total. The molecule has 1 aliphatic heterocycles. The SMILES string of the molecule is Cc1ccc(Nc2nc3c(c(=O)[nH]2)[C@H](C(=O)Nc2ccc(C(C)C)cc2)CC(=O)N3)cc1. The monoisotopic (exact) mass is 431 g/mol. The van der Waals surface area contributed by atoms with Crippen LogP contribution >= 0.6 is 0 Å². The zero-order chi connectivity index (χ0) is 22.8. The van der Waals surface area contributed by atoms with Gasteiger partial charge >= 0.3 is 0 Å². The van der Waals surface area contributed by atoms with Crippen molar-refractivity contribution in [2.45, 2.75) is 39.0 Å². The molecule has 1 atom stereocenters. The van der Waals surface area contributed by atoms with Crippen LogP contribution in [-0.4, -0.2) is 21.8 Å². The quantitative estimate of drug-likeness (QED) is 0.487. The van der Waals surface area contributed by atoms with Crippen LogP contribution in [0.3, 0.4) is 0 Å². The average Bonchev–Trinajstić information content (AvgIpc) is 2.75. The Bertz CT molecular complexity index is 1210. The van der Waals surface area contributed by atoms with Crippen LogP contribution < -0.4 is 21.5 Å². The summed E-state index contributed by atoms with van der Waals surface area (Å²) in [5.41, 5.74) is 3.27.